The van der Waals surface area contributed by atoms with E-state index >= 15 is 0 Å². The summed E-state index contributed by atoms with van der Waals surface area (Å²) in [5.74, 6) is -0.816. The molecule has 2 unspecified atom stereocenters. The summed E-state index contributed by atoms with van der Waals surface area (Å²) in [5.41, 5.74) is 5.11. The number of carbonyl (C=O) groups is 3. The Balaban J connectivity index is 2.89. The zero-order chi connectivity index (χ0) is 15.3. The Kier molecular flexibility index (Phi) is 5.79. The summed E-state index contributed by atoms with van der Waals surface area (Å²) in [7, 11) is 1.31. The number of nitrogens with zero attached hydrogens (tertiary/aromatic N) is 1. The van der Waals surface area contributed by atoms with Crippen molar-refractivity contribution in [2.75, 3.05) is 13.7 Å². The lowest BCUT2D eigenvalue weighted by atomic mass is 9.97. The lowest BCUT2D eigenvalue weighted by Gasteiger charge is -2.37. The fourth-order valence-corrected chi connectivity index (χ4v) is 2.42. The van der Waals surface area contributed by atoms with Gasteiger partial charge in [0.15, 0.2) is 0 Å². The third-order valence-electron chi connectivity index (χ3n) is 3.49. The predicted octanol–water partition coefficient (Wildman–Crippen LogP) is 0.233. The van der Waals surface area contributed by atoms with Gasteiger partial charge in [-0.05, 0) is 25.2 Å². The van der Waals surface area contributed by atoms with Gasteiger partial charge in [0, 0.05) is 6.54 Å². The van der Waals surface area contributed by atoms with E-state index in [1.165, 1.54) is 12.0 Å². The topological polar surface area (TPSA) is 102 Å². The SMILES string of the molecule is COC(=O)C1CCCCN1C(=O)C(NC(N)=O)C(C)C. The van der Waals surface area contributed by atoms with Crippen LogP contribution in [-0.4, -0.2) is 48.5 Å². The van der Waals surface area contributed by atoms with E-state index in [0.717, 1.165) is 12.8 Å². The molecule has 20 heavy (non-hydrogen) atoms. The minimum absolute atomic E-state index is 0.116. The average Bonchev–Trinajstić information content (AvgIpc) is 2.42. The maximum Gasteiger partial charge on any atom is 0.328 e. The molecule has 0 aromatic carbocycles. The first-order valence-electron chi connectivity index (χ1n) is 6.82. The minimum Gasteiger partial charge on any atom is -0.467 e. The third kappa shape index (κ3) is 3.85. The lowest BCUT2D eigenvalue weighted by Crippen LogP contribution is -2.57. The van der Waals surface area contributed by atoms with Gasteiger partial charge in [0.2, 0.25) is 5.91 Å². The molecule has 1 rings (SSSR count). The highest BCUT2D eigenvalue weighted by atomic mass is 16.5. The van der Waals surface area contributed by atoms with Gasteiger partial charge in [0.05, 0.1) is 7.11 Å². The highest BCUT2D eigenvalue weighted by Gasteiger charge is 2.37. The van der Waals surface area contributed by atoms with Gasteiger partial charge in [-0.25, -0.2) is 9.59 Å². The molecule has 0 bridgehead atoms. The quantitative estimate of drug-likeness (QED) is 0.722. The van der Waals surface area contributed by atoms with Crippen molar-refractivity contribution in [1.82, 2.24) is 10.2 Å². The van der Waals surface area contributed by atoms with Gasteiger partial charge in [-0.3, -0.25) is 4.79 Å². The zero-order valence-corrected chi connectivity index (χ0v) is 12.2. The fourth-order valence-electron chi connectivity index (χ4n) is 2.42. The molecule has 0 spiro atoms. The van der Waals surface area contributed by atoms with Gasteiger partial charge in [0.1, 0.15) is 12.1 Å². The molecule has 3 N–H and O–H groups in total. The van der Waals surface area contributed by atoms with E-state index in [0.29, 0.717) is 13.0 Å². The van der Waals surface area contributed by atoms with Crippen LogP contribution in [0.4, 0.5) is 4.79 Å². The van der Waals surface area contributed by atoms with Crippen LogP contribution < -0.4 is 11.1 Å². The van der Waals surface area contributed by atoms with Crippen molar-refractivity contribution in [3.8, 4) is 0 Å². The molecule has 114 valence electrons. The highest BCUT2D eigenvalue weighted by Crippen LogP contribution is 2.20. The maximum atomic E-state index is 12.6. The molecule has 1 aliphatic heterocycles. The Morgan fingerprint density at radius 3 is 2.45 bits per heavy atom. The van der Waals surface area contributed by atoms with Crippen LogP contribution in [0, 0.1) is 5.92 Å². The summed E-state index contributed by atoms with van der Waals surface area (Å²) >= 11 is 0. The van der Waals surface area contributed by atoms with Crippen LogP contribution in [0.3, 0.4) is 0 Å². The van der Waals surface area contributed by atoms with E-state index in [1.54, 1.807) is 0 Å². The van der Waals surface area contributed by atoms with Crippen LogP contribution in [0.1, 0.15) is 33.1 Å². The average molecular weight is 285 g/mol. The minimum atomic E-state index is -0.747. The number of likely N-dealkylation sites (tertiary alicyclic amines) is 1. The predicted molar refractivity (Wildman–Crippen MR) is 72.7 cm³/mol. The van der Waals surface area contributed by atoms with Crippen molar-refractivity contribution in [2.24, 2.45) is 11.7 Å². The van der Waals surface area contributed by atoms with E-state index in [2.05, 4.69) is 5.32 Å². The summed E-state index contributed by atoms with van der Waals surface area (Å²) in [5, 5.41) is 2.45. The second kappa shape index (κ2) is 7.12. The summed E-state index contributed by atoms with van der Waals surface area (Å²) < 4.78 is 4.75. The van der Waals surface area contributed by atoms with Crippen LogP contribution in [0.2, 0.25) is 0 Å². The number of hydrogen-bond donors (Lipinski definition) is 2. The van der Waals surface area contributed by atoms with Crippen molar-refractivity contribution in [3.05, 3.63) is 0 Å². The standard InChI is InChI=1S/C13H23N3O4/c1-8(2)10(15-13(14)19)11(17)16-7-5-4-6-9(16)12(18)20-3/h8-10H,4-7H2,1-3H3,(H3,14,15,19). The number of methoxy groups -OCH3 is 1. The number of carbonyl (C=O) groups excluding carboxylic acids is 3. The van der Waals surface area contributed by atoms with Gasteiger partial charge >= 0.3 is 12.0 Å². The molecule has 0 aromatic heterocycles. The van der Waals surface area contributed by atoms with Crippen molar-refractivity contribution in [2.45, 2.75) is 45.2 Å². The van der Waals surface area contributed by atoms with Crippen LogP contribution >= 0.6 is 0 Å². The lowest BCUT2D eigenvalue weighted by molar-refractivity contribution is -0.155. The Bertz CT molecular complexity index is 384. The summed E-state index contributed by atoms with van der Waals surface area (Å²) in [6.07, 6.45) is 2.29. The van der Waals surface area contributed by atoms with Crippen LogP contribution in [0.25, 0.3) is 0 Å². The molecule has 2 atom stereocenters. The fraction of sp³-hybridized carbons (Fsp3) is 0.769. The monoisotopic (exact) mass is 285 g/mol. The van der Waals surface area contributed by atoms with Gasteiger partial charge in [-0.1, -0.05) is 13.8 Å². The number of piperidine rings is 1. The third-order valence-corrected chi connectivity index (χ3v) is 3.49. The van der Waals surface area contributed by atoms with Gasteiger partial charge in [-0.15, -0.1) is 0 Å². The number of hydrogen-bond acceptors (Lipinski definition) is 4. The summed E-state index contributed by atoms with van der Waals surface area (Å²) in [6, 6.07) is -2.04. The van der Waals surface area contributed by atoms with Crippen LogP contribution in [-0.2, 0) is 14.3 Å². The first-order chi connectivity index (χ1) is 9.38. The number of nitrogens with one attached hydrogen (secondary N) is 1. The molecule has 0 aromatic rings. The Labute approximate surface area is 118 Å². The molecule has 1 heterocycles. The highest BCUT2D eigenvalue weighted by molar-refractivity contribution is 5.90. The largest absolute Gasteiger partial charge is 0.467 e. The van der Waals surface area contributed by atoms with E-state index in [-0.39, 0.29) is 11.8 Å². The molecule has 1 aliphatic rings. The maximum absolute atomic E-state index is 12.6. The van der Waals surface area contributed by atoms with Gasteiger partial charge in [-0.2, -0.15) is 0 Å². The molecule has 1 saturated heterocycles. The molecular formula is C13H23N3O4. The Morgan fingerprint density at radius 1 is 1.30 bits per heavy atom. The first-order valence-corrected chi connectivity index (χ1v) is 6.82. The van der Waals surface area contributed by atoms with Crippen molar-refractivity contribution in [3.63, 3.8) is 0 Å². The summed E-state index contributed by atoms with van der Waals surface area (Å²) in [4.78, 5) is 36.8. The number of nitrogens with two attached hydrogens (primary N) is 1. The van der Waals surface area contributed by atoms with E-state index in [9.17, 15) is 14.4 Å². The molecule has 3 amide bonds. The molecule has 0 aliphatic carbocycles. The summed E-state index contributed by atoms with van der Waals surface area (Å²) in [6.45, 7) is 4.12. The second-order valence-electron chi connectivity index (χ2n) is 5.30. The van der Waals surface area contributed by atoms with E-state index < -0.39 is 24.1 Å². The number of ether oxygens (including phenoxy) is 1. The normalized spacial score (nSPS) is 20.4. The van der Waals surface area contributed by atoms with Crippen molar-refractivity contribution < 1.29 is 19.1 Å². The molecule has 0 radical (unpaired) electrons. The number of amides is 3. The number of esters is 1. The number of rotatable bonds is 4. The van der Waals surface area contributed by atoms with Crippen molar-refractivity contribution in [1.29, 1.82) is 0 Å². The molecule has 7 nitrogen and oxygen atoms in total. The molecule has 1 fully saturated rings. The van der Waals surface area contributed by atoms with E-state index in [1.807, 2.05) is 13.8 Å². The molecule has 7 heteroatoms. The molecule has 0 saturated carbocycles. The van der Waals surface area contributed by atoms with Crippen LogP contribution in [0.5, 0.6) is 0 Å². The number of primary amides is 1. The second-order valence-corrected chi connectivity index (χ2v) is 5.30. The smallest absolute Gasteiger partial charge is 0.328 e. The number of urea groups is 1. The van der Waals surface area contributed by atoms with Gasteiger partial charge in [0.25, 0.3) is 0 Å². The van der Waals surface area contributed by atoms with E-state index in [4.69, 9.17) is 10.5 Å². The zero-order valence-electron chi connectivity index (χ0n) is 12.2. The van der Waals surface area contributed by atoms with Crippen molar-refractivity contribution >= 4 is 17.9 Å². The first kappa shape index (κ1) is 16.3. The van der Waals surface area contributed by atoms with Crippen LogP contribution in [0.15, 0.2) is 0 Å². The Hall–Kier alpha value is -1.79. The molecular weight excluding hydrogens is 262 g/mol. The Morgan fingerprint density at radius 2 is 1.95 bits per heavy atom. The van der Waals surface area contributed by atoms with Gasteiger partial charge < -0.3 is 20.7 Å².